The van der Waals surface area contributed by atoms with Crippen LogP contribution in [0, 0.1) is 0 Å². The van der Waals surface area contributed by atoms with Crippen molar-refractivity contribution in [3.05, 3.63) is 23.9 Å². The summed E-state index contributed by atoms with van der Waals surface area (Å²) in [5, 5.41) is 2.79. The predicted octanol–water partition coefficient (Wildman–Crippen LogP) is 2.19. The number of carbonyl (C=O) groups excluding carboxylic acids is 2. The molecule has 114 valence electrons. The summed E-state index contributed by atoms with van der Waals surface area (Å²) in [4.78, 5) is 31.7. The zero-order valence-electron chi connectivity index (χ0n) is 12.8. The Bertz CT molecular complexity index is 530. The third-order valence-electron chi connectivity index (χ3n) is 3.72. The molecule has 6 nitrogen and oxygen atoms in total. The second-order valence-electron chi connectivity index (χ2n) is 5.44. The van der Waals surface area contributed by atoms with E-state index in [0.29, 0.717) is 17.6 Å². The van der Waals surface area contributed by atoms with Gasteiger partial charge in [0.2, 0.25) is 0 Å². The van der Waals surface area contributed by atoms with Crippen molar-refractivity contribution < 1.29 is 9.59 Å². The van der Waals surface area contributed by atoms with Gasteiger partial charge in [0, 0.05) is 26.7 Å². The highest BCUT2D eigenvalue weighted by Gasteiger charge is 2.27. The van der Waals surface area contributed by atoms with Crippen molar-refractivity contribution in [1.82, 2.24) is 14.8 Å². The van der Waals surface area contributed by atoms with Gasteiger partial charge in [-0.25, -0.2) is 9.78 Å². The minimum atomic E-state index is -0.182. The van der Waals surface area contributed by atoms with Crippen LogP contribution in [0.5, 0.6) is 0 Å². The van der Waals surface area contributed by atoms with Gasteiger partial charge in [-0.05, 0) is 31.4 Å². The van der Waals surface area contributed by atoms with Crippen molar-refractivity contribution in [3.8, 4) is 0 Å². The van der Waals surface area contributed by atoms with E-state index < -0.39 is 0 Å². The SMILES string of the molecule is CCC1CCCN1C(=O)Nc1cccc(C(=O)N(C)C)n1. The van der Waals surface area contributed by atoms with E-state index in [2.05, 4.69) is 17.2 Å². The Labute approximate surface area is 125 Å². The zero-order valence-corrected chi connectivity index (χ0v) is 12.8. The van der Waals surface area contributed by atoms with Crippen LogP contribution in [-0.4, -0.2) is 53.4 Å². The number of likely N-dealkylation sites (tertiary alicyclic amines) is 1. The van der Waals surface area contributed by atoms with Crippen LogP contribution in [0.4, 0.5) is 10.6 Å². The number of anilines is 1. The van der Waals surface area contributed by atoms with Gasteiger partial charge < -0.3 is 9.80 Å². The van der Waals surface area contributed by atoms with Crippen LogP contribution in [0.25, 0.3) is 0 Å². The molecule has 1 aromatic rings. The maximum atomic E-state index is 12.3. The number of hydrogen-bond donors (Lipinski definition) is 1. The zero-order chi connectivity index (χ0) is 15.4. The third kappa shape index (κ3) is 3.51. The first-order valence-electron chi connectivity index (χ1n) is 7.29. The highest BCUT2D eigenvalue weighted by atomic mass is 16.2. The number of urea groups is 1. The second kappa shape index (κ2) is 6.56. The molecule has 1 aliphatic rings. The Morgan fingerprint density at radius 2 is 2.19 bits per heavy atom. The fourth-order valence-corrected chi connectivity index (χ4v) is 2.56. The van der Waals surface area contributed by atoms with Gasteiger partial charge in [-0.2, -0.15) is 0 Å². The van der Waals surface area contributed by atoms with E-state index in [1.165, 1.54) is 4.90 Å². The quantitative estimate of drug-likeness (QED) is 0.928. The van der Waals surface area contributed by atoms with Gasteiger partial charge in [-0.3, -0.25) is 10.1 Å². The Morgan fingerprint density at radius 1 is 1.43 bits per heavy atom. The minimum absolute atomic E-state index is 0.138. The van der Waals surface area contributed by atoms with Gasteiger partial charge in [0.05, 0.1) is 0 Å². The first kappa shape index (κ1) is 15.3. The molecule has 1 saturated heterocycles. The Kier molecular flexibility index (Phi) is 4.77. The number of nitrogens with zero attached hydrogens (tertiary/aromatic N) is 3. The molecule has 21 heavy (non-hydrogen) atoms. The first-order chi connectivity index (χ1) is 10.0. The van der Waals surface area contributed by atoms with Crippen molar-refractivity contribution in [3.63, 3.8) is 0 Å². The lowest BCUT2D eigenvalue weighted by Gasteiger charge is -2.23. The number of carbonyl (C=O) groups is 2. The van der Waals surface area contributed by atoms with E-state index in [9.17, 15) is 9.59 Å². The number of nitrogens with one attached hydrogen (secondary N) is 1. The molecule has 0 aromatic carbocycles. The fraction of sp³-hybridized carbons (Fsp3) is 0.533. The summed E-state index contributed by atoms with van der Waals surface area (Å²) in [5.74, 6) is 0.230. The smallest absolute Gasteiger partial charge is 0.323 e. The van der Waals surface area contributed by atoms with E-state index >= 15 is 0 Å². The maximum absolute atomic E-state index is 12.3. The molecule has 0 spiro atoms. The van der Waals surface area contributed by atoms with Gasteiger partial charge in [-0.15, -0.1) is 0 Å². The standard InChI is InChI=1S/C15H22N4O2/c1-4-11-7-6-10-19(11)15(21)17-13-9-5-8-12(16-13)14(20)18(2)3/h5,8-9,11H,4,6-7,10H2,1-3H3,(H,16,17,21). The second-order valence-corrected chi connectivity index (χ2v) is 5.44. The molecule has 1 N–H and O–H groups in total. The molecule has 1 aliphatic heterocycles. The number of rotatable bonds is 3. The van der Waals surface area contributed by atoms with Gasteiger partial charge in [-0.1, -0.05) is 13.0 Å². The lowest BCUT2D eigenvalue weighted by molar-refractivity contribution is 0.0822. The number of aromatic nitrogens is 1. The Morgan fingerprint density at radius 3 is 2.86 bits per heavy atom. The molecule has 1 fully saturated rings. The molecule has 1 atom stereocenters. The lowest BCUT2D eigenvalue weighted by Crippen LogP contribution is -2.38. The highest BCUT2D eigenvalue weighted by molar-refractivity contribution is 5.93. The molecular formula is C15H22N4O2. The van der Waals surface area contributed by atoms with Crippen molar-refractivity contribution in [2.75, 3.05) is 26.0 Å². The summed E-state index contributed by atoms with van der Waals surface area (Å²) in [7, 11) is 3.34. The van der Waals surface area contributed by atoms with Crippen LogP contribution >= 0.6 is 0 Å². The Hall–Kier alpha value is -2.11. The molecule has 2 rings (SSSR count). The van der Waals surface area contributed by atoms with Crippen molar-refractivity contribution in [2.45, 2.75) is 32.2 Å². The van der Waals surface area contributed by atoms with Gasteiger partial charge in [0.25, 0.3) is 5.91 Å². The summed E-state index contributed by atoms with van der Waals surface area (Å²) < 4.78 is 0. The van der Waals surface area contributed by atoms with E-state index in [1.54, 1.807) is 32.3 Å². The van der Waals surface area contributed by atoms with Crippen molar-refractivity contribution in [1.29, 1.82) is 0 Å². The number of pyridine rings is 1. The molecule has 0 saturated carbocycles. The monoisotopic (exact) mass is 290 g/mol. The molecule has 0 aliphatic carbocycles. The molecule has 1 unspecified atom stereocenters. The van der Waals surface area contributed by atoms with Crippen molar-refractivity contribution >= 4 is 17.8 Å². The van der Waals surface area contributed by atoms with Gasteiger partial charge in [0.15, 0.2) is 0 Å². The highest BCUT2D eigenvalue weighted by Crippen LogP contribution is 2.20. The van der Waals surface area contributed by atoms with E-state index in [4.69, 9.17) is 0 Å². The van der Waals surface area contributed by atoms with Crippen LogP contribution in [0.3, 0.4) is 0 Å². The summed E-state index contributed by atoms with van der Waals surface area (Å²) in [5.41, 5.74) is 0.325. The van der Waals surface area contributed by atoms with Crippen LogP contribution < -0.4 is 5.32 Å². The lowest BCUT2D eigenvalue weighted by atomic mass is 10.2. The molecule has 6 heteroatoms. The first-order valence-corrected chi connectivity index (χ1v) is 7.29. The van der Waals surface area contributed by atoms with E-state index in [0.717, 1.165) is 25.8 Å². The molecular weight excluding hydrogens is 268 g/mol. The summed E-state index contributed by atoms with van der Waals surface area (Å²) in [6, 6.07) is 5.22. The molecule has 0 radical (unpaired) electrons. The van der Waals surface area contributed by atoms with E-state index in [1.807, 2.05) is 4.90 Å². The average Bonchev–Trinajstić information content (AvgIpc) is 2.95. The summed E-state index contributed by atoms with van der Waals surface area (Å²) >= 11 is 0. The molecule has 3 amide bonds. The molecule has 0 bridgehead atoms. The van der Waals surface area contributed by atoms with Crippen LogP contribution in [0.2, 0.25) is 0 Å². The van der Waals surface area contributed by atoms with Crippen LogP contribution in [-0.2, 0) is 0 Å². The average molecular weight is 290 g/mol. The molecule has 2 heterocycles. The normalized spacial score (nSPS) is 17.7. The van der Waals surface area contributed by atoms with Gasteiger partial charge in [0.1, 0.15) is 11.5 Å². The summed E-state index contributed by atoms with van der Waals surface area (Å²) in [6.45, 7) is 2.87. The predicted molar refractivity (Wildman–Crippen MR) is 81.3 cm³/mol. The van der Waals surface area contributed by atoms with E-state index in [-0.39, 0.29) is 11.9 Å². The largest absolute Gasteiger partial charge is 0.343 e. The summed E-state index contributed by atoms with van der Waals surface area (Å²) in [6.07, 6.45) is 3.05. The van der Waals surface area contributed by atoms with Crippen LogP contribution in [0.15, 0.2) is 18.2 Å². The van der Waals surface area contributed by atoms with Gasteiger partial charge >= 0.3 is 6.03 Å². The molecule has 1 aromatic heterocycles. The minimum Gasteiger partial charge on any atom is -0.343 e. The number of amides is 3. The number of hydrogen-bond acceptors (Lipinski definition) is 3. The fourth-order valence-electron chi connectivity index (χ4n) is 2.56. The Balaban J connectivity index is 2.07. The third-order valence-corrected chi connectivity index (χ3v) is 3.72. The van der Waals surface area contributed by atoms with Crippen molar-refractivity contribution in [2.24, 2.45) is 0 Å². The topological polar surface area (TPSA) is 65.5 Å². The maximum Gasteiger partial charge on any atom is 0.323 e. The van der Waals surface area contributed by atoms with Crippen LogP contribution in [0.1, 0.15) is 36.7 Å².